The van der Waals surface area contributed by atoms with Crippen LogP contribution in [0.5, 0.6) is 6.08 Å². The predicted molar refractivity (Wildman–Crippen MR) is 46.1 cm³/mol. The third kappa shape index (κ3) is 1.78. The lowest BCUT2D eigenvalue weighted by molar-refractivity contribution is 0.316. The van der Waals surface area contributed by atoms with Gasteiger partial charge in [0.15, 0.2) is 0 Å². The molecule has 0 amide bonds. The Morgan fingerprint density at radius 1 is 1.58 bits per heavy atom. The predicted octanol–water partition coefficient (Wildman–Crippen LogP) is 2.46. The molecule has 68 valence electrons. The summed E-state index contributed by atoms with van der Waals surface area (Å²) in [4.78, 5) is 3.89. The number of oxazole rings is 1. The minimum Gasteiger partial charge on any atom is -0.466 e. The van der Waals surface area contributed by atoms with E-state index >= 15 is 0 Å². The minimum atomic E-state index is -0.242. The van der Waals surface area contributed by atoms with Gasteiger partial charge in [0.25, 0.3) is 0 Å². The van der Waals surface area contributed by atoms with Crippen LogP contribution in [0.15, 0.2) is 10.7 Å². The highest BCUT2D eigenvalue weighted by Gasteiger charge is 2.23. The van der Waals surface area contributed by atoms with Gasteiger partial charge in [0, 0.05) is 5.41 Å². The van der Waals surface area contributed by atoms with Crippen molar-refractivity contribution in [3.05, 3.63) is 12.0 Å². The van der Waals surface area contributed by atoms with E-state index in [2.05, 4.69) is 25.8 Å². The van der Waals surface area contributed by atoms with Gasteiger partial charge in [0.1, 0.15) is 6.26 Å². The zero-order valence-corrected chi connectivity index (χ0v) is 7.79. The molecule has 0 aliphatic rings. The van der Waals surface area contributed by atoms with Gasteiger partial charge in [-0.15, -0.1) is 0 Å². The molecule has 3 heteroatoms. The molecule has 3 nitrogen and oxygen atoms in total. The maximum atomic E-state index is 8.91. The Morgan fingerprint density at radius 2 is 2.25 bits per heavy atom. The van der Waals surface area contributed by atoms with Gasteiger partial charge in [-0.1, -0.05) is 27.2 Å². The number of aromatic nitrogens is 1. The van der Waals surface area contributed by atoms with Crippen LogP contribution < -0.4 is 0 Å². The van der Waals surface area contributed by atoms with Gasteiger partial charge in [-0.25, -0.2) is 0 Å². The van der Waals surface area contributed by atoms with Gasteiger partial charge in [0.2, 0.25) is 0 Å². The Balaban J connectivity index is 2.81. The van der Waals surface area contributed by atoms with Crippen LogP contribution in [-0.2, 0) is 5.41 Å². The van der Waals surface area contributed by atoms with Crippen molar-refractivity contribution in [1.82, 2.24) is 4.98 Å². The van der Waals surface area contributed by atoms with Crippen LogP contribution in [0.1, 0.15) is 39.3 Å². The Morgan fingerprint density at radius 3 is 2.67 bits per heavy atom. The van der Waals surface area contributed by atoms with E-state index < -0.39 is 0 Å². The quantitative estimate of drug-likeness (QED) is 0.756. The summed E-state index contributed by atoms with van der Waals surface area (Å²) in [6.45, 7) is 6.31. The molecule has 1 aromatic rings. The summed E-state index contributed by atoms with van der Waals surface area (Å²) >= 11 is 0. The lowest BCUT2D eigenvalue weighted by Crippen LogP contribution is -2.16. The topological polar surface area (TPSA) is 46.3 Å². The number of hydrogen-bond donors (Lipinski definition) is 1. The van der Waals surface area contributed by atoms with Crippen LogP contribution in [0.3, 0.4) is 0 Å². The SMILES string of the molecule is CCCC(C)(C)c1coc(O)n1. The lowest BCUT2D eigenvalue weighted by Gasteiger charge is -2.20. The Bertz CT molecular complexity index is 253. The fourth-order valence-corrected chi connectivity index (χ4v) is 1.33. The number of aromatic hydroxyl groups is 1. The van der Waals surface area contributed by atoms with Gasteiger partial charge in [0.05, 0.1) is 5.69 Å². The average molecular weight is 169 g/mol. The van der Waals surface area contributed by atoms with Crippen LogP contribution in [0.4, 0.5) is 0 Å². The van der Waals surface area contributed by atoms with E-state index in [4.69, 9.17) is 9.52 Å². The molecular formula is C9H15NO2. The zero-order chi connectivity index (χ0) is 9.19. The van der Waals surface area contributed by atoms with Crippen molar-refractivity contribution in [2.24, 2.45) is 0 Å². The molecule has 12 heavy (non-hydrogen) atoms. The highest BCUT2D eigenvalue weighted by atomic mass is 16.5. The number of hydrogen-bond acceptors (Lipinski definition) is 3. The summed E-state index contributed by atoms with van der Waals surface area (Å²) in [5.74, 6) is 0. The van der Waals surface area contributed by atoms with E-state index in [0.717, 1.165) is 18.5 Å². The van der Waals surface area contributed by atoms with Crippen LogP contribution in [0.2, 0.25) is 0 Å². The van der Waals surface area contributed by atoms with E-state index in [1.54, 1.807) is 0 Å². The van der Waals surface area contributed by atoms with Crippen molar-refractivity contribution < 1.29 is 9.52 Å². The van der Waals surface area contributed by atoms with Crippen molar-refractivity contribution in [2.75, 3.05) is 0 Å². The van der Waals surface area contributed by atoms with E-state index in [1.807, 2.05) is 0 Å². The van der Waals surface area contributed by atoms with Crippen LogP contribution in [-0.4, -0.2) is 10.1 Å². The number of rotatable bonds is 3. The van der Waals surface area contributed by atoms with Crippen molar-refractivity contribution >= 4 is 0 Å². The largest absolute Gasteiger partial charge is 0.466 e. The molecule has 0 aliphatic heterocycles. The van der Waals surface area contributed by atoms with Gasteiger partial charge in [-0.3, -0.25) is 0 Å². The van der Waals surface area contributed by atoms with E-state index in [9.17, 15) is 0 Å². The molecule has 0 aliphatic carbocycles. The molecule has 0 aromatic carbocycles. The first kappa shape index (κ1) is 9.10. The molecule has 0 bridgehead atoms. The molecule has 0 saturated heterocycles. The Hall–Kier alpha value is -0.990. The van der Waals surface area contributed by atoms with Crippen LogP contribution >= 0.6 is 0 Å². The van der Waals surface area contributed by atoms with Crippen molar-refractivity contribution in [2.45, 2.75) is 39.0 Å². The van der Waals surface area contributed by atoms with Gasteiger partial charge in [-0.2, -0.15) is 4.98 Å². The lowest BCUT2D eigenvalue weighted by atomic mass is 9.85. The molecule has 1 aromatic heterocycles. The summed E-state index contributed by atoms with van der Waals surface area (Å²) < 4.78 is 4.74. The minimum absolute atomic E-state index is 0.000764. The fraction of sp³-hybridized carbons (Fsp3) is 0.667. The monoisotopic (exact) mass is 169 g/mol. The second-order valence-corrected chi connectivity index (χ2v) is 3.65. The number of nitrogens with zero attached hydrogens (tertiary/aromatic N) is 1. The van der Waals surface area contributed by atoms with Crippen LogP contribution in [0, 0.1) is 0 Å². The highest BCUT2D eigenvalue weighted by Crippen LogP contribution is 2.28. The standard InChI is InChI=1S/C9H15NO2/c1-4-5-9(2,3)7-6-12-8(11)10-7/h6H,4-5H2,1-3H3,(H,10,11). The zero-order valence-electron chi connectivity index (χ0n) is 7.79. The van der Waals surface area contributed by atoms with Gasteiger partial charge in [-0.05, 0) is 6.42 Å². The summed E-state index contributed by atoms with van der Waals surface area (Å²) in [7, 11) is 0. The molecule has 0 saturated carbocycles. The Kier molecular flexibility index (Phi) is 2.40. The molecule has 0 radical (unpaired) electrons. The summed E-state index contributed by atoms with van der Waals surface area (Å²) in [6.07, 6.45) is 3.42. The maximum absolute atomic E-state index is 8.91. The van der Waals surface area contributed by atoms with Crippen molar-refractivity contribution in [3.63, 3.8) is 0 Å². The third-order valence-corrected chi connectivity index (χ3v) is 2.06. The third-order valence-electron chi connectivity index (χ3n) is 2.06. The first-order chi connectivity index (χ1) is 5.56. The summed E-state index contributed by atoms with van der Waals surface area (Å²) in [5.41, 5.74) is 0.820. The van der Waals surface area contributed by atoms with Gasteiger partial charge < -0.3 is 9.52 Å². The maximum Gasteiger partial charge on any atom is 0.391 e. The first-order valence-electron chi connectivity index (χ1n) is 4.21. The second-order valence-electron chi connectivity index (χ2n) is 3.65. The van der Waals surface area contributed by atoms with E-state index in [0.29, 0.717) is 0 Å². The average Bonchev–Trinajstić information content (AvgIpc) is 2.36. The molecule has 1 rings (SSSR count). The molecular weight excluding hydrogens is 154 g/mol. The molecule has 1 heterocycles. The van der Waals surface area contributed by atoms with E-state index in [-0.39, 0.29) is 11.5 Å². The molecule has 1 N–H and O–H groups in total. The highest BCUT2D eigenvalue weighted by molar-refractivity contribution is 5.11. The van der Waals surface area contributed by atoms with Gasteiger partial charge >= 0.3 is 6.08 Å². The second kappa shape index (κ2) is 3.17. The van der Waals surface area contributed by atoms with Crippen LogP contribution in [0.25, 0.3) is 0 Å². The fourth-order valence-electron chi connectivity index (χ4n) is 1.33. The summed E-state index contributed by atoms with van der Waals surface area (Å²) in [6, 6.07) is 0. The molecule has 0 spiro atoms. The first-order valence-corrected chi connectivity index (χ1v) is 4.21. The summed E-state index contributed by atoms with van der Waals surface area (Å²) in [5, 5.41) is 8.91. The molecule has 0 fully saturated rings. The van der Waals surface area contributed by atoms with E-state index in [1.165, 1.54) is 6.26 Å². The van der Waals surface area contributed by atoms with Crippen molar-refractivity contribution in [1.29, 1.82) is 0 Å². The molecule has 0 unspecified atom stereocenters. The molecule has 0 atom stereocenters. The smallest absolute Gasteiger partial charge is 0.391 e. The Labute approximate surface area is 72.4 Å². The normalized spacial score (nSPS) is 11.9. The van der Waals surface area contributed by atoms with Crippen molar-refractivity contribution in [3.8, 4) is 6.08 Å².